The van der Waals surface area contributed by atoms with Gasteiger partial charge in [0.2, 0.25) is 5.91 Å². The van der Waals surface area contributed by atoms with Gasteiger partial charge in [-0.25, -0.2) is 0 Å². The Labute approximate surface area is 108 Å². The summed E-state index contributed by atoms with van der Waals surface area (Å²) in [5.74, 6) is 0.326. The standard InChI is InChI=1S/C10H12ClN3O2S/c1-16-8-3-2-6(11)4-7(8)14-9(15)5-17-10(12)13/h2-4H,5H2,1H3,(H3,12,13)(H,14,15). The van der Waals surface area contributed by atoms with Crippen molar-refractivity contribution in [3.63, 3.8) is 0 Å². The number of nitrogens with two attached hydrogens (primary N) is 1. The summed E-state index contributed by atoms with van der Waals surface area (Å²) >= 11 is 6.77. The Morgan fingerprint density at radius 2 is 2.35 bits per heavy atom. The van der Waals surface area contributed by atoms with E-state index in [9.17, 15) is 4.79 Å². The molecule has 0 aliphatic rings. The first kappa shape index (κ1) is 13.7. The van der Waals surface area contributed by atoms with Gasteiger partial charge in [0, 0.05) is 5.02 Å². The van der Waals surface area contributed by atoms with E-state index in [-0.39, 0.29) is 16.8 Å². The van der Waals surface area contributed by atoms with Crippen molar-refractivity contribution in [1.82, 2.24) is 0 Å². The highest BCUT2D eigenvalue weighted by Gasteiger charge is 2.08. The number of thioether (sulfide) groups is 1. The second-order valence-corrected chi connectivity index (χ2v) is 4.50. The van der Waals surface area contributed by atoms with E-state index < -0.39 is 0 Å². The Hall–Kier alpha value is -1.40. The van der Waals surface area contributed by atoms with Crippen LogP contribution in [0.1, 0.15) is 0 Å². The van der Waals surface area contributed by atoms with Crippen molar-refractivity contribution in [1.29, 1.82) is 5.41 Å². The van der Waals surface area contributed by atoms with Gasteiger partial charge in [-0.1, -0.05) is 23.4 Å². The first-order valence-electron chi connectivity index (χ1n) is 4.63. The molecule has 4 N–H and O–H groups in total. The Morgan fingerprint density at radius 1 is 1.65 bits per heavy atom. The highest BCUT2D eigenvalue weighted by atomic mass is 35.5. The molecule has 92 valence electrons. The van der Waals surface area contributed by atoms with Crippen molar-refractivity contribution >= 4 is 40.1 Å². The molecule has 0 unspecified atom stereocenters. The van der Waals surface area contributed by atoms with Crippen LogP contribution in [0.25, 0.3) is 0 Å². The van der Waals surface area contributed by atoms with E-state index in [0.717, 1.165) is 11.8 Å². The van der Waals surface area contributed by atoms with Crippen LogP contribution in [-0.2, 0) is 4.79 Å². The minimum Gasteiger partial charge on any atom is -0.495 e. The predicted molar refractivity (Wildman–Crippen MR) is 71.0 cm³/mol. The molecule has 1 amide bonds. The summed E-state index contributed by atoms with van der Waals surface area (Å²) in [6, 6.07) is 4.92. The van der Waals surface area contributed by atoms with Crippen molar-refractivity contribution in [3.8, 4) is 5.75 Å². The summed E-state index contributed by atoms with van der Waals surface area (Å²) in [5.41, 5.74) is 5.63. The van der Waals surface area contributed by atoms with Crippen LogP contribution in [-0.4, -0.2) is 23.9 Å². The number of hydrogen-bond acceptors (Lipinski definition) is 4. The van der Waals surface area contributed by atoms with Crippen molar-refractivity contribution in [3.05, 3.63) is 23.2 Å². The fraction of sp³-hybridized carbons (Fsp3) is 0.200. The number of nitrogens with one attached hydrogen (secondary N) is 2. The molecule has 7 heteroatoms. The second kappa shape index (κ2) is 6.36. The molecule has 1 aromatic carbocycles. The molecule has 0 atom stereocenters. The summed E-state index contributed by atoms with van der Waals surface area (Å²) in [6.45, 7) is 0. The lowest BCUT2D eigenvalue weighted by atomic mass is 10.3. The maximum absolute atomic E-state index is 11.5. The summed E-state index contributed by atoms with van der Waals surface area (Å²) in [5, 5.41) is 10.0. The number of carbonyl (C=O) groups is 1. The van der Waals surface area contributed by atoms with Gasteiger partial charge < -0.3 is 15.8 Å². The SMILES string of the molecule is COc1ccc(Cl)cc1NC(=O)CSC(=N)N. The third kappa shape index (κ3) is 4.54. The van der Waals surface area contributed by atoms with Gasteiger partial charge in [-0.15, -0.1) is 0 Å². The molecule has 1 rings (SSSR count). The topological polar surface area (TPSA) is 88.2 Å². The zero-order chi connectivity index (χ0) is 12.8. The average Bonchev–Trinajstić information content (AvgIpc) is 2.27. The third-order valence-electron chi connectivity index (χ3n) is 1.79. The van der Waals surface area contributed by atoms with Crippen molar-refractivity contribution in [2.24, 2.45) is 5.73 Å². The number of anilines is 1. The number of amidine groups is 1. The smallest absolute Gasteiger partial charge is 0.234 e. The number of hydrogen-bond donors (Lipinski definition) is 3. The van der Waals surface area contributed by atoms with E-state index in [1.807, 2.05) is 0 Å². The zero-order valence-electron chi connectivity index (χ0n) is 9.12. The molecule has 1 aromatic rings. The van der Waals surface area contributed by atoms with Gasteiger partial charge in [-0.3, -0.25) is 10.2 Å². The fourth-order valence-corrected chi connectivity index (χ4v) is 1.64. The highest BCUT2D eigenvalue weighted by molar-refractivity contribution is 8.14. The van der Waals surface area contributed by atoms with Crippen molar-refractivity contribution < 1.29 is 9.53 Å². The van der Waals surface area contributed by atoms with Gasteiger partial charge in [0.15, 0.2) is 5.17 Å². The van der Waals surface area contributed by atoms with Crippen LogP contribution in [0.15, 0.2) is 18.2 Å². The van der Waals surface area contributed by atoms with Crippen LogP contribution in [0.3, 0.4) is 0 Å². The average molecular weight is 274 g/mol. The van der Waals surface area contributed by atoms with Gasteiger partial charge >= 0.3 is 0 Å². The number of benzene rings is 1. The van der Waals surface area contributed by atoms with E-state index in [4.69, 9.17) is 27.5 Å². The summed E-state index contributed by atoms with van der Waals surface area (Å²) < 4.78 is 5.08. The lowest BCUT2D eigenvalue weighted by Crippen LogP contribution is -2.17. The summed E-state index contributed by atoms with van der Waals surface area (Å²) in [7, 11) is 1.50. The van der Waals surface area contributed by atoms with E-state index in [1.54, 1.807) is 18.2 Å². The Balaban J connectivity index is 2.69. The molecule has 0 spiro atoms. The molecule has 0 aliphatic heterocycles. The lowest BCUT2D eigenvalue weighted by molar-refractivity contribution is -0.113. The van der Waals surface area contributed by atoms with Crippen molar-refractivity contribution in [2.45, 2.75) is 0 Å². The first-order chi connectivity index (χ1) is 8.02. The summed E-state index contributed by atoms with van der Waals surface area (Å²) in [6.07, 6.45) is 0. The number of methoxy groups -OCH3 is 1. The minimum absolute atomic E-state index is 0.0744. The minimum atomic E-state index is -0.272. The second-order valence-electron chi connectivity index (χ2n) is 3.05. The number of halogens is 1. The molecule has 0 saturated carbocycles. The fourth-order valence-electron chi connectivity index (χ4n) is 1.11. The lowest BCUT2D eigenvalue weighted by Gasteiger charge is -2.10. The molecule has 0 aromatic heterocycles. The molecule has 0 bridgehead atoms. The Bertz CT molecular complexity index is 440. The molecule has 0 radical (unpaired) electrons. The Morgan fingerprint density at radius 3 is 2.94 bits per heavy atom. The van der Waals surface area contributed by atoms with E-state index in [0.29, 0.717) is 16.5 Å². The molecule has 17 heavy (non-hydrogen) atoms. The van der Waals surface area contributed by atoms with E-state index >= 15 is 0 Å². The largest absolute Gasteiger partial charge is 0.495 e. The van der Waals surface area contributed by atoms with Gasteiger partial charge in [-0.2, -0.15) is 0 Å². The number of amides is 1. The number of ether oxygens (including phenoxy) is 1. The molecular formula is C10H12ClN3O2S. The van der Waals surface area contributed by atoms with Crippen LogP contribution in [0.5, 0.6) is 5.75 Å². The van der Waals surface area contributed by atoms with Gasteiger partial charge in [-0.05, 0) is 18.2 Å². The molecule has 0 fully saturated rings. The quantitative estimate of drug-likeness (QED) is 0.578. The molecule has 0 aliphatic carbocycles. The molecular weight excluding hydrogens is 262 g/mol. The maximum Gasteiger partial charge on any atom is 0.234 e. The maximum atomic E-state index is 11.5. The normalized spacial score (nSPS) is 9.76. The predicted octanol–water partition coefficient (Wildman–Crippen LogP) is 1.91. The highest BCUT2D eigenvalue weighted by Crippen LogP contribution is 2.27. The third-order valence-corrected chi connectivity index (χ3v) is 2.75. The Kier molecular flexibility index (Phi) is 5.11. The van der Waals surface area contributed by atoms with Gasteiger partial charge in [0.25, 0.3) is 0 Å². The van der Waals surface area contributed by atoms with E-state index in [1.165, 1.54) is 7.11 Å². The van der Waals surface area contributed by atoms with Crippen LogP contribution < -0.4 is 15.8 Å². The molecule has 0 saturated heterocycles. The first-order valence-corrected chi connectivity index (χ1v) is 5.99. The number of carbonyl (C=O) groups excluding carboxylic acids is 1. The molecule has 0 heterocycles. The van der Waals surface area contributed by atoms with Crippen LogP contribution in [0, 0.1) is 5.41 Å². The summed E-state index contributed by atoms with van der Waals surface area (Å²) in [4.78, 5) is 11.5. The monoisotopic (exact) mass is 273 g/mol. The molecule has 5 nitrogen and oxygen atoms in total. The van der Waals surface area contributed by atoms with E-state index in [2.05, 4.69) is 5.32 Å². The van der Waals surface area contributed by atoms with Gasteiger partial charge in [0.05, 0.1) is 18.6 Å². The van der Waals surface area contributed by atoms with Gasteiger partial charge in [0.1, 0.15) is 5.75 Å². The van der Waals surface area contributed by atoms with Crippen LogP contribution in [0.2, 0.25) is 5.02 Å². The van der Waals surface area contributed by atoms with Crippen LogP contribution >= 0.6 is 23.4 Å². The zero-order valence-corrected chi connectivity index (χ0v) is 10.7. The van der Waals surface area contributed by atoms with Crippen LogP contribution in [0.4, 0.5) is 5.69 Å². The number of rotatable bonds is 4. The van der Waals surface area contributed by atoms with Crippen molar-refractivity contribution in [2.75, 3.05) is 18.2 Å².